The molecular formula is C18H19NO2. The van der Waals surface area contributed by atoms with Crippen LogP contribution in [0.15, 0.2) is 66.5 Å². The Labute approximate surface area is 124 Å². The maximum absolute atomic E-state index is 12.3. The van der Waals surface area contributed by atoms with Crippen LogP contribution in [0, 0.1) is 0 Å². The topological polar surface area (TPSA) is 38.3 Å². The van der Waals surface area contributed by atoms with Gasteiger partial charge < -0.3 is 10.1 Å². The predicted octanol–water partition coefficient (Wildman–Crippen LogP) is 4.27. The number of hydrogen-bond donors (Lipinski definition) is 1. The molecule has 0 heterocycles. The summed E-state index contributed by atoms with van der Waals surface area (Å²) < 4.78 is 5.39. The minimum Gasteiger partial charge on any atom is -0.488 e. The van der Waals surface area contributed by atoms with Gasteiger partial charge in [-0.15, -0.1) is 0 Å². The van der Waals surface area contributed by atoms with Gasteiger partial charge in [0.1, 0.15) is 0 Å². The van der Waals surface area contributed by atoms with E-state index in [1.54, 1.807) is 6.08 Å². The summed E-state index contributed by atoms with van der Waals surface area (Å²) in [5.74, 6) is 0.00846. The van der Waals surface area contributed by atoms with Gasteiger partial charge >= 0.3 is 0 Å². The van der Waals surface area contributed by atoms with Gasteiger partial charge in [-0.25, -0.2) is 0 Å². The Bertz CT molecular complexity index is 696. The fourth-order valence-electron chi connectivity index (χ4n) is 2.07. The molecule has 0 unspecified atom stereocenters. The van der Waals surface area contributed by atoms with Crippen LogP contribution in [-0.4, -0.2) is 12.5 Å². The highest BCUT2D eigenvalue weighted by Gasteiger charge is 2.12. The van der Waals surface area contributed by atoms with Gasteiger partial charge in [0.05, 0.1) is 6.61 Å². The third kappa shape index (κ3) is 3.72. The second kappa shape index (κ2) is 6.75. The standard InChI is InChI=1S/C18H19NO2/c1-4-21-17(12-13(2)3)18(20)19-16-11-7-9-14-8-5-6-10-15(14)16/h5-12H,2,4H2,1,3H3,(H,19,20)/b17-12+. The molecule has 108 valence electrons. The van der Waals surface area contributed by atoms with Crippen molar-refractivity contribution < 1.29 is 9.53 Å². The third-order valence-electron chi connectivity index (χ3n) is 2.94. The fraction of sp³-hybridized carbons (Fsp3) is 0.167. The normalized spacial score (nSPS) is 11.2. The van der Waals surface area contributed by atoms with E-state index in [-0.39, 0.29) is 11.7 Å². The first-order chi connectivity index (χ1) is 10.1. The van der Waals surface area contributed by atoms with Crippen LogP contribution in [0.5, 0.6) is 0 Å². The number of nitrogens with one attached hydrogen (secondary N) is 1. The molecule has 0 saturated heterocycles. The quantitative estimate of drug-likeness (QED) is 0.505. The predicted molar refractivity (Wildman–Crippen MR) is 87.1 cm³/mol. The van der Waals surface area contributed by atoms with E-state index >= 15 is 0 Å². The molecule has 0 aliphatic carbocycles. The van der Waals surface area contributed by atoms with Crippen molar-refractivity contribution >= 4 is 22.4 Å². The summed E-state index contributed by atoms with van der Waals surface area (Å²) in [7, 11) is 0. The van der Waals surface area contributed by atoms with Gasteiger partial charge in [-0.2, -0.15) is 0 Å². The second-order valence-corrected chi connectivity index (χ2v) is 4.77. The van der Waals surface area contributed by atoms with Crippen LogP contribution in [0.2, 0.25) is 0 Å². The molecular weight excluding hydrogens is 262 g/mol. The molecule has 1 amide bonds. The number of allylic oxidation sites excluding steroid dienone is 2. The van der Waals surface area contributed by atoms with Crippen LogP contribution in [0.1, 0.15) is 13.8 Å². The lowest BCUT2D eigenvalue weighted by Gasteiger charge is -2.11. The van der Waals surface area contributed by atoms with E-state index in [2.05, 4.69) is 11.9 Å². The molecule has 0 aliphatic heterocycles. The Kier molecular flexibility index (Phi) is 4.77. The highest BCUT2D eigenvalue weighted by molar-refractivity contribution is 6.08. The summed E-state index contributed by atoms with van der Waals surface area (Å²) in [6.07, 6.45) is 1.64. The van der Waals surface area contributed by atoms with Crippen LogP contribution in [0.3, 0.4) is 0 Å². The average Bonchev–Trinajstić information content (AvgIpc) is 2.47. The molecule has 0 saturated carbocycles. The highest BCUT2D eigenvalue weighted by Crippen LogP contribution is 2.23. The van der Waals surface area contributed by atoms with E-state index in [0.717, 1.165) is 22.0 Å². The molecule has 0 aromatic heterocycles. The molecule has 1 N–H and O–H groups in total. The number of rotatable bonds is 5. The van der Waals surface area contributed by atoms with Crippen molar-refractivity contribution in [3.05, 3.63) is 66.5 Å². The van der Waals surface area contributed by atoms with Crippen LogP contribution in [-0.2, 0) is 9.53 Å². The Balaban J connectivity index is 2.30. The molecule has 3 nitrogen and oxygen atoms in total. The first-order valence-electron chi connectivity index (χ1n) is 6.91. The molecule has 0 atom stereocenters. The number of anilines is 1. The van der Waals surface area contributed by atoms with E-state index < -0.39 is 0 Å². The lowest BCUT2D eigenvalue weighted by molar-refractivity contribution is -0.116. The van der Waals surface area contributed by atoms with Gasteiger partial charge in [-0.3, -0.25) is 4.79 Å². The number of amides is 1. The zero-order valence-electron chi connectivity index (χ0n) is 12.3. The largest absolute Gasteiger partial charge is 0.488 e. The molecule has 21 heavy (non-hydrogen) atoms. The van der Waals surface area contributed by atoms with Gasteiger partial charge in [-0.1, -0.05) is 48.6 Å². The fourth-order valence-corrected chi connectivity index (χ4v) is 2.07. The van der Waals surface area contributed by atoms with Crippen LogP contribution in [0.4, 0.5) is 5.69 Å². The molecule has 2 rings (SSSR count). The Hall–Kier alpha value is -2.55. The van der Waals surface area contributed by atoms with Crippen LogP contribution in [0.25, 0.3) is 10.8 Å². The van der Waals surface area contributed by atoms with E-state index in [1.807, 2.05) is 56.3 Å². The molecule has 0 spiro atoms. The number of hydrogen-bond acceptors (Lipinski definition) is 2. The van der Waals surface area contributed by atoms with Gasteiger partial charge in [-0.05, 0) is 31.4 Å². The zero-order valence-corrected chi connectivity index (χ0v) is 12.3. The molecule has 3 heteroatoms. The molecule has 2 aromatic rings. The first kappa shape index (κ1) is 14.9. The number of carbonyl (C=O) groups is 1. The van der Waals surface area contributed by atoms with E-state index in [9.17, 15) is 4.79 Å². The van der Waals surface area contributed by atoms with E-state index in [1.165, 1.54) is 0 Å². The van der Waals surface area contributed by atoms with E-state index in [0.29, 0.717) is 6.61 Å². The number of fused-ring (bicyclic) bond motifs is 1. The Morgan fingerprint density at radius 3 is 2.67 bits per heavy atom. The molecule has 0 bridgehead atoms. The summed E-state index contributed by atoms with van der Waals surface area (Å²) in [4.78, 5) is 12.3. The van der Waals surface area contributed by atoms with Crippen LogP contribution < -0.4 is 5.32 Å². The second-order valence-electron chi connectivity index (χ2n) is 4.77. The molecule has 2 aromatic carbocycles. The van der Waals surface area contributed by atoms with Crippen LogP contribution >= 0.6 is 0 Å². The molecule has 0 radical (unpaired) electrons. The van der Waals surface area contributed by atoms with Crippen molar-refractivity contribution in [1.82, 2.24) is 0 Å². The van der Waals surface area contributed by atoms with Gasteiger partial charge in [0, 0.05) is 11.1 Å². The van der Waals surface area contributed by atoms with Crippen molar-refractivity contribution in [2.45, 2.75) is 13.8 Å². The summed E-state index contributed by atoms with van der Waals surface area (Å²) in [5, 5.41) is 4.98. The van der Waals surface area contributed by atoms with Crippen molar-refractivity contribution in [1.29, 1.82) is 0 Å². The first-order valence-corrected chi connectivity index (χ1v) is 6.91. The summed E-state index contributed by atoms with van der Waals surface area (Å²) in [5.41, 5.74) is 1.54. The number of ether oxygens (including phenoxy) is 1. The monoisotopic (exact) mass is 281 g/mol. The third-order valence-corrected chi connectivity index (χ3v) is 2.94. The SMILES string of the molecule is C=C(C)/C=C(/OCC)C(=O)Nc1cccc2ccccc12. The van der Waals surface area contributed by atoms with Crippen molar-refractivity contribution in [2.24, 2.45) is 0 Å². The van der Waals surface area contributed by atoms with Gasteiger partial charge in [0.2, 0.25) is 0 Å². The number of benzene rings is 2. The summed E-state index contributed by atoms with van der Waals surface area (Å²) in [6.45, 7) is 7.88. The Morgan fingerprint density at radius 2 is 1.95 bits per heavy atom. The molecule has 0 fully saturated rings. The maximum Gasteiger partial charge on any atom is 0.290 e. The van der Waals surface area contributed by atoms with Crippen molar-refractivity contribution in [3.8, 4) is 0 Å². The van der Waals surface area contributed by atoms with Crippen molar-refractivity contribution in [3.63, 3.8) is 0 Å². The van der Waals surface area contributed by atoms with E-state index in [4.69, 9.17) is 4.74 Å². The van der Waals surface area contributed by atoms with Crippen molar-refractivity contribution in [2.75, 3.05) is 11.9 Å². The zero-order chi connectivity index (χ0) is 15.2. The maximum atomic E-state index is 12.3. The minimum absolute atomic E-state index is 0.267. The lowest BCUT2D eigenvalue weighted by Crippen LogP contribution is -2.17. The average molecular weight is 281 g/mol. The van der Waals surface area contributed by atoms with Gasteiger partial charge in [0.15, 0.2) is 5.76 Å². The smallest absolute Gasteiger partial charge is 0.290 e. The van der Waals surface area contributed by atoms with Gasteiger partial charge in [0.25, 0.3) is 5.91 Å². The molecule has 0 aliphatic rings. The highest BCUT2D eigenvalue weighted by atomic mass is 16.5. The Morgan fingerprint density at radius 1 is 1.24 bits per heavy atom. The number of carbonyl (C=O) groups excluding carboxylic acids is 1. The summed E-state index contributed by atoms with van der Waals surface area (Å²) >= 11 is 0. The minimum atomic E-state index is -0.267. The lowest BCUT2D eigenvalue weighted by atomic mass is 10.1. The summed E-state index contributed by atoms with van der Waals surface area (Å²) in [6, 6.07) is 13.7.